The topological polar surface area (TPSA) is 0 Å². The largest absolute Gasteiger partial charge is 0.0836 e. The zero-order valence-corrected chi connectivity index (χ0v) is 8.04. The molecule has 1 rings (SSSR count). The van der Waals surface area contributed by atoms with Crippen LogP contribution in [-0.4, -0.2) is 0 Å². The molecule has 0 unspecified atom stereocenters. The van der Waals surface area contributed by atoms with E-state index < -0.39 is 0 Å². The summed E-state index contributed by atoms with van der Waals surface area (Å²) in [6.45, 7) is 6.55. The minimum atomic E-state index is 0.609. The van der Waals surface area contributed by atoms with Crippen molar-refractivity contribution >= 4 is 5.57 Å². The average Bonchev–Trinajstić information content (AvgIpc) is 2.07. The van der Waals surface area contributed by atoms with Gasteiger partial charge in [0.15, 0.2) is 0 Å². The number of rotatable bonds is 2. The third-order valence-corrected chi connectivity index (χ3v) is 2.04. The number of hydrogen-bond donors (Lipinski definition) is 0. The van der Waals surface area contributed by atoms with Crippen molar-refractivity contribution in [3.8, 4) is 0 Å². The molecule has 12 heavy (non-hydrogen) atoms. The van der Waals surface area contributed by atoms with Gasteiger partial charge < -0.3 is 0 Å². The maximum Gasteiger partial charge on any atom is -0.0216 e. The van der Waals surface area contributed by atoms with Gasteiger partial charge in [-0.3, -0.25) is 0 Å². The predicted octanol–water partition coefficient (Wildman–Crippen LogP) is 3.75. The van der Waals surface area contributed by atoms with E-state index in [4.69, 9.17) is 0 Å². The van der Waals surface area contributed by atoms with Crippen LogP contribution < -0.4 is 0 Å². The molecule has 0 aliphatic carbocycles. The van der Waals surface area contributed by atoms with Crippen molar-refractivity contribution < 1.29 is 0 Å². The summed E-state index contributed by atoms with van der Waals surface area (Å²) in [5.74, 6) is 0.609. The lowest BCUT2D eigenvalue weighted by atomic mass is 9.95. The van der Waals surface area contributed by atoms with E-state index in [1.807, 2.05) is 0 Å². The fraction of sp³-hybridized carbons (Fsp3) is 0.333. The summed E-state index contributed by atoms with van der Waals surface area (Å²) >= 11 is 0. The third-order valence-electron chi connectivity index (χ3n) is 2.04. The second-order valence-corrected chi connectivity index (χ2v) is 3.26. The summed E-state index contributed by atoms with van der Waals surface area (Å²) in [7, 11) is 0. The summed E-state index contributed by atoms with van der Waals surface area (Å²) < 4.78 is 0. The molecular weight excluding hydrogens is 144 g/mol. The van der Waals surface area contributed by atoms with Crippen LogP contribution in [0.1, 0.15) is 26.3 Å². The van der Waals surface area contributed by atoms with E-state index in [0.29, 0.717) is 5.92 Å². The number of hydrogen-bond acceptors (Lipinski definition) is 0. The molecule has 0 bridgehead atoms. The molecule has 0 saturated carbocycles. The Morgan fingerprint density at radius 1 is 1.17 bits per heavy atom. The van der Waals surface area contributed by atoms with Crippen LogP contribution in [0.25, 0.3) is 5.57 Å². The first kappa shape index (κ1) is 9.05. The lowest BCUT2D eigenvalue weighted by Gasteiger charge is -2.10. The molecule has 0 heterocycles. The van der Waals surface area contributed by atoms with Gasteiger partial charge in [0.05, 0.1) is 0 Å². The molecule has 0 atom stereocenters. The van der Waals surface area contributed by atoms with Gasteiger partial charge in [-0.15, -0.1) is 0 Å². The van der Waals surface area contributed by atoms with Gasteiger partial charge in [-0.1, -0.05) is 50.3 Å². The van der Waals surface area contributed by atoms with Crippen LogP contribution in [-0.2, 0) is 0 Å². The molecule has 0 amide bonds. The van der Waals surface area contributed by atoms with Crippen LogP contribution in [0, 0.1) is 5.92 Å². The molecule has 0 nitrogen and oxygen atoms in total. The molecule has 0 heteroatoms. The molecule has 1 aromatic carbocycles. The fourth-order valence-electron chi connectivity index (χ4n) is 1.46. The Morgan fingerprint density at radius 2 is 1.75 bits per heavy atom. The molecule has 0 aliphatic rings. The summed E-state index contributed by atoms with van der Waals surface area (Å²) in [6, 6.07) is 10.5. The van der Waals surface area contributed by atoms with E-state index in [1.165, 1.54) is 11.1 Å². The monoisotopic (exact) mass is 160 g/mol. The second kappa shape index (κ2) is 4.10. The quantitative estimate of drug-likeness (QED) is 0.618. The second-order valence-electron chi connectivity index (χ2n) is 3.26. The van der Waals surface area contributed by atoms with Crippen molar-refractivity contribution in [2.45, 2.75) is 20.8 Å². The lowest BCUT2D eigenvalue weighted by molar-refractivity contribution is 0.854. The maximum atomic E-state index is 2.22. The van der Waals surface area contributed by atoms with Gasteiger partial charge in [-0.2, -0.15) is 0 Å². The Hall–Kier alpha value is -1.04. The summed E-state index contributed by atoms with van der Waals surface area (Å²) in [5, 5.41) is 0. The third kappa shape index (κ3) is 1.97. The van der Waals surface area contributed by atoms with E-state index in [0.717, 1.165) is 0 Å². The van der Waals surface area contributed by atoms with Crippen LogP contribution >= 0.6 is 0 Å². The van der Waals surface area contributed by atoms with Crippen LogP contribution in [0.2, 0.25) is 0 Å². The lowest BCUT2D eigenvalue weighted by Crippen LogP contribution is -1.92. The zero-order valence-electron chi connectivity index (χ0n) is 8.04. The van der Waals surface area contributed by atoms with Gasteiger partial charge >= 0.3 is 0 Å². The van der Waals surface area contributed by atoms with Crippen molar-refractivity contribution in [1.29, 1.82) is 0 Å². The minimum absolute atomic E-state index is 0.609. The highest BCUT2D eigenvalue weighted by Crippen LogP contribution is 2.21. The summed E-state index contributed by atoms with van der Waals surface area (Å²) in [4.78, 5) is 0. The minimum Gasteiger partial charge on any atom is -0.0836 e. The molecule has 0 aromatic heterocycles. The van der Waals surface area contributed by atoms with Gasteiger partial charge in [0.2, 0.25) is 0 Å². The normalized spacial score (nSPS) is 12.2. The summed E-state index contributed by atoms with van der Waals surface area (Å²) in [6.07, 6.45) is 2.19. The van der Waals surface area contributed by atoms with Crippen molar-refractivity contribution in [2.75, 3.05) is 0 Å². The standard InChI is InChI=1S/C12H16/c1-4-12(10(2)3)11-8-6-5-7-9-11/h4-10H,1-3H3. The van der Waals surface area contributed by atoms with Gasteiger partial charge in [0.1, 0.15) is 0 Å². The van der Waals surface area contributed by atoms with Gasteiger partial charge in [0.25, 0.3) is 0 Å². The highest BCUT2D eigenvalue weighted by Gasteiger charge is 2.02. The van der Waals surface area contributed by atoms with E-state index in [-0.39, 0.29) is 0 Å². The first-order valence-corrected chi connectivity index (χ1v) is 4.47. The van der Waals surface area contributed by atoms with Gasteiger partial charge in [0, 0.05) is 0 Å². The van der Waals surface area contributed by atoms with Crippen molar-refractivity contribution in [1.82, 2.24) is 0 Å². The maximum absolute atomic E-state index is 2.22. The molecule has 0 fully saturated rings. The Balaban J connectivity index is 2.97. The first-order chi connectivity index (χ1) is 5.75. The van der Waals surface area contributed by atoms with Gasteiger partial charge in [-0.05, 0) is 24.0 Å². The van der Waals surface area contributed by atoms with Crippen LogP contribution in [0.4, 0.5) is 0 Å². The molecular formula is C12H16. The number of benzene rings is 1. The Labute approximate surface area is 74.9 Å². The van der Waals surface area contributed by atoms with Crippen molar-refractivity contribution in [3.63, 3.8) is 0 Å². The Kier molecular flexibility index (Phi) is 3.09. The molecule has 64 valence electrons. The van der Waals surface area contributed by atoms with E-state index in [9.17, 15) is 0 Å². The number of allylic oxidation sites excluding steroid dienone is 2. The molecule has 1 aromatic rings. The van der Waals surface area contributed by atoms with Gasteiger partial charge in [-0.25, -0.2) is 0 Å². The van der Waals surface area contributed by atoms with Crippen LogP contribution in [0.3, 0.4) is 0 Å². The van der Waals surface area contributed by atoms with E-state index in [1.54, 1.807) is 0 Å². The SMILES string of the molecule is CC=C(c1ccccc1)C(C)C. The zero-order chi connectivity index (χ0) is 8.97. The molecule has 0 spiro atoms. The first-order valence-electron chi connectivity index (χ1n) is 4.47. The van der Waals surface area contributed by atoms with E-state index in [2.05, 4.69) is 57.2 Å². The Bertz CT molecular complexity index is 255. The highest BCUT2D eigenvalue weighted by molar-refractivity contribution is 5.66. The average molecular weight is 160 g/mol. The fourth-order valence-corrected chi connectivity index (χ4v) is 1.46. The van der Waals surface area contributed by atoms with Crippen LogP contribution in [0.5, 0.6) is 0 Å². The van der Waals surface area contributed by atoms with E-state index >= 15 is 0 Å². The molecule has 0 aliphatic heterocycles. The van der Waals surface area contributed by atoms with Crippen molar-refractivity contribution in [3.05, 3.63) is 42.0 Å². The molecule has 0 saturated heterocycles. The van der Waals surface area contributed by atoms with Crippen molar-refractivity contribution in [2.24, 2.45) is 5.92 Å². The highest BCUT2D eigenvalue weighted by atomic mass is 14.1. The molecule has 0 radical (unpaired) electrons. The smallest absolute Gasteiger partial charge is 0.0216 e. The predicted molar refractivity (Wildman–Crippen MR) is 54.9 cm³/mol. The Morgan fingerprint density at radius 3 is 2.17 bits per heavy atom. The summed E-state index contributed by atoms with van der Waals surface area (Å²) in [5.41, 5.74) is 2.77. The molecule has 0 N–H and O–H groups in total. The van der Waals surface area contributed by atoms with Crippen LogP contribution in [0.15, 0.2) is 36.4 Å².